The summed E-state index contributed by atoms with van der Waals surface area (Å²) in [7, 11) is 3.65. The number of methoxy groups -OCH3 is 1. The average molecular weight is 293 g/mol. The number of benzene rings is 1. The van der Waals surface area contributed by atoms with E-state index in [2.05, 4.69) is 17.1 Å². The number of hydrogen-bond acceptors (Lipinski definition) is 5. The Morgan fingerprint density at radius 2 is 2.38 bits per heavy atom. The Labute approximate surface area is 125 Å². The number of likely N-dealkylation sites (N-methyl/N-ethyl adjacent to an activating group) is 1. The molecule has 0 saturated carbocycles. The highest BCUT2D eigenvalue weighted by Gasteiger charge is 2.17. The van der Waals surface area contributed by atoms with Gasteiger partial charge in [-0.25, -0.2) is 0 Å². The summed E-state index contributed by atoms with van der Waals surface area (Å²) in [6.07, 6.45) is 2.63. The maximum Gasteiger partial charge on any atom is 0.173 e. The minimum atomic E-state index is 0.0473. The van der Waals surface area contributed by atoms with E-state index in [1.807, 2.05) is 18.2 Å². The molecule has 0 spiro atoms. The van der Waals surface area contributed by atoms with Crippen molar-refractivity contribution in [1.82, 2.24) is 4.90 Å². The molecule has 1 atom stereocenters. The van der Waals surface area contributed by atoms with E-state index < -0.39 is 0 Å². The molecule has 0 amide bonds. The van der Waals surface area contributed by atoms with Crippen molar-refractivity contribution in [3.8, 4) is 5.75 Å². The SMILES string of the molecule is COc1cc(CN(C)CC2CCCO2)ccc1/C(N)=N/O. The van der Waals surface area contributed by atoms with Crippen molar-refractivity contribution in [2.45, 2.75) is 25.5 Å². The summed E-state index contributed by atoms with van der Waals surface area (Å²) in [5.74, 6) is 0.652. The summed E-state index contributed by atoms with van der Waals surface area (Å²) in [5, 5.41) is 11.8. The Bertz CT molecular complexity index is 499. The van der Waals surface area contributed by atoms with Crippen molar-refractivity contribution in [1.29, 1.82) is 0 Å². The molecule has 1 aromatic rings. The van der Waals surface area contributed by atoms with Gasteiger partial charge in [0.15, 0.2) is 5.84 Å². The molecule has 0 radical (unpaired) electrons. The van der Waals surface area contributed by atoms with Crippen LogP contribution in [0.25, 0.3) is 0 Å². The Kier molecular flexibility index (Phi) is 5.41. The lowest BCUT2D eigenvalue weighted by atomic mass is 10.1. The molecule has 1 saturated heterocycles. The number of rotatable bonds is 6. The first-order valence-corrected chi connectivity index (χ1v) is 7.09. The molecule has 1 unspecified atom stereocenters. The van der Waals surface area contributed by atoms with Gasteiger partial charge in [0.05, 0.1) is 18.8 Å². The van der Waals surface area contributed by atoms with Gasteiger partial charge in [0.1, 0.15) is 5.75 Å². The second-order valence-corrected chi connectivity index (χ2v) is 5.35. The molecule has 1 heterocycles. The van der Waals surface area contributed by atoms with Crippen molar-refractivity contribution in [2.24, 2.45) is 10.9 Å². The Morgan fingerprint density at radius 3 is 3.00 bits per heavy atom. The van der Waals surface area contributed by atoms with Gasteiger partial charge in [-0.2, -0.15) is 0 Å². The Balaban J connectivity index is 2.02. The number of ether oxygens (including phenoxy) is 2. The minimum absolute atomic E-state index is 0.0473. The Hall–Kier alpha value is -1.79. The average Bonchev–Trinajstić information content (AvgIpc) is 2.99. The quantitative estimate of drug-likeness (QED) is 0.359. The monoisotopic (exact) mass is 293 g/mol. The van der Waals surface area contributed by atoms with Gasteiger partial charge in [-0.05, 0) is 37.6 Å². The number of nitrogens with zero attached hydrogens (tertiary/aromatic N) is 2. The zero-order valence-corrected chi connectivity index (χ0v) is 12.6. The molecule has 0 bridgehead atoms. The molecule has 2 rings (SSSR count). The van der Waals surface area contributed by atoms with Crippen molar-refractivity contribution < 1.29 is 14.7 Å². The van der Waals surface area contributed by atoms with Crippen LogP contribution in [0.2, 0.25) is 0 Å². The van der Waals surface area contributed by atoms with Gasteiger partial charge in [-0.1, -0.05) is 11.2 Å². The van der Waals surface area contributed by atoms with E-state index in [0.717, 1.165) is 38.1 Å². The van der Waals surface area contributed by atoms with Crippen molar-refractivity contribution >= 4 is 5.84 Å². The summed E-state index contributed by atoms with van der Waals surface area (Å²) in [5.41, 5.74) is 7.33. The molecule has 6 heteroatoms. The van der Waals surface area contributed by atoms with E-state index in [0.29, 0.717) is 17.4 Å². The van der Waals surface area contributed by atoms with E-state index in [1.54, 1.807) is 7.11 Å². The fraction of sp³-hybridized carbons (Fsp3) is 0.533. The van der Waals surface area contributed by atoms with Crippen LogP contribution in [-0.2, 0) is 11.3 Å². The highest BCUT2D eigenvalue weighted by molar-refractivity contribution is 5.99. The lowest BCUT2D eigenvalue weighted by Gasteiger charge is -2.21. The predicted molar refractivity (Wildman–Crippen MR) is 80.8 cm³/mol. The zero-order valence-electron chi connectivity index (χ0n) is 12.6. The van der Waals surface area contributed by atoms with Crippen LogP contribution in [-0.4, -0.2) is 49.4 Å². The molecular formula is C15H23N3O3. The van der Waals surface area contributed by atoms with E-state index in [9.17, 15) is 0 Å². The maximum atomic E-state index is 8.77. The molecular weight excluding hydrogens is 270 g/mol. The van der Waals surface area contributed by atoms with Crippen molar-refractivity contribution in [3.05, 3.63) is 29.3 Å². The third kappa shape index (κ3) is 4.09. The van der Waals surface area contributed by atoms with Crippen molar-refractivity contribution in [3.63, 3.8) is 0 Å². The van der Waals surface area contributed by atoms with Gasteiger partial charge in [-0.15, -0.1) is 0 Å². The molecule has 1 aliphatic heterocycles. The van der Waals surface area contributed by atoms with Gasteiger partial charge in [-0.3, -0.25) is 4.90 Å². The molecule has 1 aromatic carbocycles. The first-order chi connectivity index (χ1) is 10.1. The highest BCUT2D eigenvalue weighted by Crippen LogP contribution is 2.21. The van der Waals surface area contributed by atoms with Gasteiger partial charge < -0.3 is 20.4 Å². The standard InChI is InChI=1S/C15H23N3O3/c1-18(10-12-4-3-7-21-12)9-11-5-6-13(15(16)17-19)14(8-11)20-2/h5-6,8,12,19H,3-4,7,9-10H2,1-2H3,(H2,16,17). The fourth-order valence-corrected chi connectivity index (χ4v) is 2.61. The second kappa shape index (κ2) is 7.28. The number of hydrogen-bond donors (Lipinski definition) is 2. The number of amidine groups is 1. The second-order valence-electron chi connectivity index (χ2n) is 5.35. The van der Waals surface area contributed by atoms with Crippen LogP contribution in [0.5, 0.6) is 5.75 Å². The van der Waals surface area contributed by atoms with Crippen LogP contribution < -0.4 is 10.5 Å². The first-order valence-electron chi connectivity index (χ1n) is 7.09. The van der Waals surface area contributed by atoms with E-state index >= 15 is 0 Å². The van der Waals surface area contributed by atoms with Gasteiger partial charge in [0.2, 0.25) is 0 Å². The van der Waals surface area contributed by atoms with Crippen molar-refractivity contribution in [2.75, 3.05) is 27.3 Å². The molecule has 6 nitrogen and oxygen atoms in total. The predicted octanol–water partition coefficient (Wildman–Crippen LogP) is 1.40. The van der Waals surface area contributed by atoms with Crippen LogP contribution in [0.15, 0.2) is 23.4 Å². The third-order valence-corrected chi connectivity index (χ3v) is 3.64. The molecule has 0 aromatic heterocycles. The third-order valence-electron chi connectivity index (χ3n) is 3.64. The summed E-state index contributed by atoms with van der Waals surface area (Å²) in [6, 6.07) is 5.68. The van der Waals surface area contributed by atoms with Crippen LogP contribution in [0.4, 0.5) is 0 Å². The van der Waals surface area contributed by atoms with Gasteiger partial charge >= 0.3 is 0 Å². The van der Waals surface area contributed by atoms with Crippen LogP contribution in [0.3, 0.4) is 0 Å². The van der Waals surface area contributed by atoms with Crippen LogP contribution in [0.1, 0.15) is 24.0 Å². The summed E-state index contributed by atoms with van der Waals surface area (Å²) in [6.45, 7) is 2.60. The lowest BCUT2D eigenvalue weighted by Crippen LogP contribution is -2.28. The fourth-order valence-electron chi connectivity index (χ4n) is 2.61. The number of oxime groups is 1. The normalized spacial score (nSPS) is 19.2. The molecule has 1 fully saturated rings. The highest BCUT2D eigenvalue weighted by atomic mass is 16.5. The van der Waals surface area contributed by atoms with E-state index in [4.69, 9.17) is 20.4 Å². The van der Waals surface area contributed by atoms with Crippen LogP contribution in [0, 0.1) is 0 Å². The Morgan fingerprint density at radius 1 is 1.57 bits per heavy atom. The van der Waals surface area contributed by atoms with Gasteiger partial charge in [0.25, 0.3) is 0 Å². The largest absolute Gasteiger partial charge is 0.496 e. The van der Waals surface area contributed by atoms with E-state index in [-0.39, 0.29) is 5.84 Å². The molecule has 3 N–H and O–H groups in total. The van der Waals surface area contributed by atoms with Gasteiger partial charge in [0, 0.05) is 19.7 Å². The topological polar surface area (TPSA) is 80.3 Å². The first kappa shape index (κ1) is 15.6. The number of nitrogens with two attached hydrogens (primary N) is 1. The molecule has 116 valence electrons. The smallest absolute Gasteiger partial charge is 0.173 e. The zero-order chi connectivity index (χ0) is 15.2. The lowest BCUT2D eigenvalue weighted by molar-refractivity contribution is 0.0793. The van der Waals surface area contributed by atoms with Crippen LogP contribution >= 0.6 is 0 Å². The van der Waals surface area contributed by atoms with E-state index in [1.165, 1.54) is 0 Å². The summed E-state index contributed by atoms with van der Waals surface area (Å²) >= 11 is 0. The summed E-state index contributed by atoms with van der Waals surface area (Å²) in [4.78, 5) is 2.23. The minimum Gasteiger partial charge on any atom is -0.496 e. The maximum absolute atomic E-state index is 8.77. The molecule has 1 aliphatic rings. The molecule has 0 aliphatic carbocycles. The summed E-state index contributed by atoms with van der Waals surface area (Å²) < 4.78 is 11.0. The molecule has 21 heavy (non-hydrogen) atoms.